The van der Waals surface area contributed by atoms with Gasteiger partial charge in [0.05, 0.1) is 27.7 Å². The summed E-state index contributed by atoms with van der Waals surface area (Å²) in [6, 6.07) is 51.0. The number of imidazole rings is 1. The Morgan fingerprint density at radius 3 is 1.91 bits per heavy atom. The van der Waals surface area contributed by atoms with Crippen molar-refractivity contribution in [2.24, 2.45) is 5.92 Å². The largest absolute Gasteiger partial charge is 0.495 e. The number of para-hydroxylation sites is 3. The minimum absolute atomic E-state index is 0.325. The zero-order valence-electron chi connectivity index (χ0n) is 32.5. The van der Waals surface area contributed by atoms with Crippen LogP contribution in [0, 0.1) is 5.92 Å². The average Bonchev–Trinajstić information content (AvgIpc) is 3.90. The van der Waals surface area contributed by atoms with Crippen molar-refractivity contribution in [1.29, 1.82) is 0 Å². The van der Waals surface area contributed by atoms with E-state index in [1.807, 2.05) is 0 Å². The van der Waals surface area contributed by atoms with E-state index in [0.717, 1.165) is 40.0 Å². The molecule has 7 aromatic rings. The number of fused-ring (bicyclic) bond motifs is 11. The Labute approximate surface area is 329 Å². The number of allylic oxidation sites excluding steroid dienone is 4. The lowest BCUT2D eigenvalue weighted by atomic mass is 9.68. The number of benzene rings is 6. The minimum atomic E-state index is -0.492. The maximum atomic E-state index is 6.75. The van der Waals surface area contributed by atoms with Gasteiger partial charge in [-0.15, -0.1) is 0 Å². The van der Waals surface area contributed by atoms with Crippen LogP contribution < -0.4 is 5.46 Å². The summed E-state index contributed by atoms with van der Waals surface area (Å²) in [6.07, 6.45) is 5.76. The van der Waals surface area contributed by atoms with E-state index in [0.29, 0.717) is 5.92 Å². The third-order valence-corrected chi connectivity index (χ3v) is 13.2. The lowest BCUT2D eigenvalue weighted by Gasteiger charge is -2.32. The normalized spacial score (nSPS) is 21.1. The van der Waals surface area contributed by atoms with Crippen LogP contribution in [0.3, 0.4) is 0 Å². The van der Waals surface area contributed by atoms with Crippen LogP contribution in [-0.4, -0.2) is 27.9 Å². The van der Waals surface area contributed by atoms with Gasteiger partial charge in [0, 0.05) is 11.3 Å². The van der Waals surface area contributed by atoms with Gasteiger partial charge in [-0.05, 0) is 131 Å². The summed E-state index contributed by atoms with van der Waals surface area (Å²) in [5, 5.41) is 0. The van der Waals surface area contributed by atoms with E-state index in [1.165, 1.54) is 55.6 Å². The van der Waals surface area contributed by atoms with Gasteiger partial charge in [0.1, 0.15) is 5.82 Å². The molecule has 11 rings (SSSR count). The van der Waals surface area contributed by atoms with Crippen LogP contribution in [0.2, 0.25) is 0 Å². The van der Waals surface area contributed by atoms with Crippen LogP contribution in [0.5, 0.6) is 0 Å². The Hall–Kier alpha value is -5.75. The highest BCUT2D eigenvalue weighted by Crippen LogP contribution is 2.63. The number of rotatable bonds is 4. The molecule has 2 atom stereocenters. The standard InChI is InChI=1S/C51H43BN2O2/c1-32-29-33(31-34(30-32)48-53-44-27-13-14-28-45(44)54(48)35-17-7-6-8-18-35)36-21-15-24-41-46(36)37-19-9-11-22-39(37)51(41)40-23-12-10-20-38(40)47-42(51)25-16-26-43(47)52-55-49(2,3)50(4,5)56-52/h6-28,30-32H,29H2,1-5H3. The number of aromatic nitrogens is 2. The van der Waals surface area contributed by atoms with Crippen molar-refractivity contribution in [1.82, 2.24) is 9.55 Å². The minimum Gasteiger partial charge on any atom is -0.399 e. The van der Waals surface area contributed by atoms with E-state index < -0.39 is 23.7 Å². The van der Waals surface area contributed by atoms with Crippen molar-refractivity contribution in [3.05, 3.63) is 185 Å². The molecule has 56 heavy (non-hydrogen) atoms. The van der Waals surface area contributed by atoms with Crippen molar-refractivity contribution >= 4 is 34.8 Å². The molecule has 3 aliphatic carbocycles. The lowest BCUT2D eigenvalue weighted by molar-refractivity contribution is 0.00578. The van der Waals surface area contributed by atoms with Crippen molar-refractivity contribution < 1.29 is 9.31 Å². The van der Waals surface area contributed by atoms with E-state index in [1.54, 1.807) is 0 Å². The summed E-state index contributed by atoms with van der Waals surface area (Å²) in [4.78, 5) is 5.28. The number of nitrogens with zero attached hydrogens (tertiary/aromatic N) is 2. The molecule has 1 saturated heterocycles. The Kier molecular flexibility index (Phi) is 7.12. The summed E-state index contributed by atoms with van der Waals surface area (Å²) < 4.78 is 15.8. The molecule has 1 spiro atoms. The molecule has 0 amide bonds. The predicted molar refractivity (Wildman–Crippen MR) is 229 cm³/mol. The van der Waals surface area contributed by atoms with Crippen molar-refractivity contribution in [3.8, 4) is 27.9 Å². The molecule has 0 N–H and O–H groups in total. The number of hydrogen-bond donors (Lipinski definition) is 0. The van der Waals surface area contributed by atoms with Gasteiger partial charge in [-0.2, -0.15) is 0 Å². The second-order valence-electron chi connectivity index (χ2n) is 17.0. The summed E-state index contributed by atoms with van der Waals surface area (Å²) >= 11 is 0. The van der Waals surface area contributed by atoms with Gasteiger partial charge in [-0.25, -0.2) is 4.98 Å². The smallest absolute Gasteiger partial charge is 0.399 e. The topological polar surface area (TPSA) is 36.3 Å². The Morgan fingerprint density at radius 1 is 0.607 bits per heavy atom. The predicted octanol–water partition coefficient (Wildman–Crippen LogP) is 11.2. The molecule has 6 aromatic carbocycles. The second kappa shape index (κ2) is 11.9. The molecule has 0 saturated carbocycles. The molecular formula is C51H43BN2O2. The quantitative estimate of drug-likeness (QED) is 0.169. The van der Waals surface area contributed by atoms with Gasteiger partial charge < -0.3 is 9.31 Å². The number of hydrogen-bond acceptors (Lipinski definition) is 3. The second-order valence-corrected chi connectivity index (χ2v) is 17.0. The fraction of sp³-hybridized carbons (Fsp3) is 0.196. The summed E-state index contributed by atoms with van der Waals surface area (Å²) in [6.45, 7) is 10.9. The monoisotopic (exact) mass is 726 g/mol. The molecular weight excluding hydrogens is 683 g/mol. The van der Waals surface area contributed by atoms with Gasteiger partial charge in [0.15, 0.2) is 0 Å². The van der Waals surface area contributed by atoms with Crippen LogP contribution in [-0.2, 0) is 14.7 Å². The van der Waals surface area contributed by atoms with E-state index >= 15 is 0 Å². The first-order valence-electron chi connectivity index (χ1n) is 20.0. The molecule has 5 heteroatoms. The van der Waals surface area contributed by atoms with Crippen LogP contribution in [0.25, 0.3) is 50.1 Å². The van der Waals surface area contributed by atoms with Gasteiger partial charge >= 0.3 is 7.12 Å². The Morgan fingerprint density at radius 2 is 1.18 bits per heavy atom. The van der Waals surface area contributed by atoms with Crippen molar-refractivity contribution in [3.63, 3.8) is 0 Å². The zero-order valence-corrected chi connectivity index (χ0v) is 32.5. The first-order chi connectivity index (χ1) is 27.2. The Bertz CT molecular complexity index is 2810. The van der Waals surface area contributed by atoms with Crippen LogP contribution in [0.1, 0.15) is 74.7 Å². The molecule has 272 valence electrons. The summed E-state index contributed by atoms with van der Waals surface area (Å²) in [5.41, 5.74) is 17.1. The Balaban J connectivity index is 1.13. The fourth-order valence-electron chi connectivity index (χ4n) is 10.1. The zero-order chi connectivity index (χ0) is 38.0. The molecule has 0 radical (unpaired) electrons. The first-order valence-corrected chi connectivity index (χ1v) is 20.0. The van der Waals surface area contributed by atoms with Crippen LogP contribution >= 0.6 is 0 Å². The van der Waals surface area contributed by atoms with Gasteiger partial charge in [0.25, 0.3) is 0 Å². The summed E-state index contributed by atoms with van der Waals surface area (Å²) in [7, 11) is -0.472. The molecule has 4 aliphatic rings. The van der Waals surface area contributed by atoms with Crippen LogP contribution in [0.4, 0.5) is 0 Å². The highest BCUT2D eigenvalue weighted by atomic mass is 16.7. The highest BCUT2D eigenvalue weighted by Gasteiger charge is 2.56. The van der Waals surface area contributed by atoms with Crippen LogP contribution in [0.15, 0.2) is 152 Å². The molecule has 1 aromatic heterocycles. The third kappa shape index (κ3) is 4.53. The van der Waals surface area contributed by atoms with E-state index in [4.69, 9.17) is 14.3 Å². The van der Waals surface area contributed by atoms with E-state index in [2.05, 4.69) is 191 Å². The maximum Gasteiger partial charge on any atom is 0.495 e. The molecule has 1 aliphatic heterocycles. The molecule has 2 unspecified atom stereocenters. The van der Waals surface area contributed by atoms with Gasteiger partial charge in [-0.1, -0.05) is 128 Å². The summed E-state index contributed by atoms with van der Waals surface area (Å²) in [5.74, 6) is 1.30. The van der Waals surface area contributed by atoms with Crippen molar-refractivity contribution in [2.75, 3.05) is 0 Å². The SMILES string of the molecule is CC1C=C(c2nc3ccccc3n2-c2ccccc2)C=C(c2cccc3c2-c2ccccc2C32c3ccccc3-c3c(B4OC(C)(C)C(C)(C)O4)cccc32)C1. The lowest BCUT2D eigenvalue weighted by Crippen LogP contribution is -2.41. The van der Waals surface area contributed by atoms with E-state index in [9.17, 15) is 0 Å². The molecule has 2 heterocycles. The van der Waals surface area contributed by atoms with E-state index in [-0.39, 0.29) is 0 Å². The fourth-order valence-corrected chi connectivity index (χ4v) is 10.1. The highest BCUT2D eigenvalue weighted by molar-refractivity contribution is 6.64. The molecule has 4 nitrogen and oxygen atoms in total. The van der Waals surface area contributed by atoms with Gasteiger partial charge in [-0.3, -0.25) is 4.57 Å². The average molecular weight is 727 g/mol. The maximum absolute atomic E-state index is 6.75. The van der Waals surface area contributed by atoms with Crippen molar-refractivity contribution in [2.45, 2.75) is 57.7 Å². The molecule has 1 fully saturated rings. The first kappa shape index (κ1) is 33.6. The molecule has 0 bridgehead atoms. The van der Waals surface area contributed by atoms with Gasteiger partial charge in [0.2, 0.25) is 0 Å². The third-order valence-electron chi connectivity index (χ3n) is 13.2.